The zero-order valence-corrected chi connectivity index (χ0v) is 9.68. The SMILES string of the molecule is N#Cc1ccc(Oc2ncc(Br)cn2)cc1. The number of hydrogen-bond donors (Lipinski definition) is 0. The van der Waals surface area contributed by atoms with Gasteiger partial charge in [0, 0.05) is 12.4 Å². The van der Waals surface area contributed by atoms with Crippen LogP contribution >= 0.6 is 15.9 Å². The first-order valence-electron chi connectivity index (χ1n) is 4.43. The molecule has 2 aromatic rings. The molecule has 0 saturated carbocycles. The number of nitriles is 1. The average molecular weight is 276 g/mol. The van der Waals surface area contributed by atoms with E-state index in [4.69, 9.17) is 10.00 Å². The average Bonchev–Trinajstić information content (AvgIpc) is 2.33. The fourth-order valence-electron chi connectivity index (χ4n) is 1.06. The largest absolute Gasteiger partial charge is 0.424 e. The van der Waals surface area contributed by atoms with Crippen LogP contribution in [0, 0.1) is 11.3 Å². The number of aromatic nitrogens is 2. The maximum absolute atomic E-state index is 8.63. The van der Waals surface area contributed by atoms with Crippen molar-refractivity contribution in [3.8, 4) is 17.8 Å². The Labute approximate surface area is 101 Å². The quantitative estimate of drug-likeness (QED) is 0.846. The number of nitrogens with zero attached hydrogens (tertiary/aromatic N) is 3. The van der Waals surface area contributed by atoms with E-state index in [0.29, 0.717) is 11.3 Å². The molecule has 2 rings (SSSR count). The van der Waals surface area contributed by atoms with E-state index >= 15 is 0 Å². The number of halogens is 1. The number of benzene rings is 1. The fourth-order valence-corrected chi connectivity index (χ4v) is 1.26. The lowest BCUT2D eigenvalue weighted by Crippen LogP contribution is -1.90. The molecule has 78 valence electrons. The third-order valence-electron chi connectivity index (χ3n) is 1.79. The van der Waals surface area contributed by atoms with Gasteiger partial charge in [-0.15, -0.1) is 0 Å². The summed E-state index contributed by atoms with van der Waals surface area (Å²) in [5, 5.41) is 8.63. The number of ether oxygens (including phenoxy) is 1. The van der Waals surface area contributed by atoms with Gasteiger partial charge in [-0.1, -0.05) is 0 Å². The van der Waals surface area contributed by atoms with Crippen molar-refractivity contribution in [3.05, 3.63) is 46.7 Å². The van der Waals surface area contributed by atoms with E-state index in [9.17, 15) is 0 Å². The minimum atomic E-state index is 0.271. The van der Waals surface area contributed by atoms with Crippen molar-refractivity contribution in [2.45, 2.75) is 0 Å². The molecule has 0 radical (unpaired) electrons. The summed E-state index contributed by atoms with van der Waals surface area (Å²) < 4.78 is 6.17. The van der Waals surface area contributed by atoms with Crippen LogP contribution in [0.25, 0.3) is 0 Å². The molecule has 0 aliphatic carbocycles. The van der Waals surface area contributed by atoms with Gasteiger partial charge in [0.05, 0.1) is 16.1 Å². The predicted octanol–water partition coefficient (Wildman–Crippen LogP) is 2.90. The number of hydrogen-bond acceptors (Lipinski definition) is 4. The van der Waals surface area contributed by atoms with Crippen molar-refractivity contribution in [1.29, 1.82) is 5.26 Å². The van der Waals surface area contributed by atoms with Gasteiger partial charge < -0.3 is 4.74 Å². The maximum atomic E-state index is 8.63. The highest BCUT2D eigenvalue weighted by atomic mass is 79.9. The molecule has 0 fully saturated rings. The second-order valence-electron chi connectivity index (χ2n) is 2.92. The topological polar surface area (TPSA) is 58.8 Å². The molecule has 0 amide bonds. The minimum absolute atomic E-state index is 0.271. The molecule has 0 unspecified atom stereocenters. The van der Waals surface area contributed by atoms with E-state index in [2.05, 4.69) is 25.9 Å². The van der Waals surface area contributed by atoms with Gasteiger partial charge in [0.2, 0.25) is 0 Å². The predicted molar refractivity (Wildman–Crippen MR) is 61.0 cm³/mol. The van der Waals surface area contributed by atoms with Gasteiger partial charge in [-0.3, -0.25) is 0 Å². The second-order valence-corrected chi connectivity index (χ2v) is 3.84. The molecule has 1 aromatic carbocycles. The van der Waals surface area contributed by atoms with E-state index in [0.717, 1.165) is 4.47 Å². The van der Waals surface area contributed by atoms with E-state index < -0.39 is 0 Å². The van der Waals surface area contributed by atoms with Gasteiger partial charge in [-0.05, 0) is 40.2 Å². The van der Waals surface area contributed by atoms with Crippen LogP contribution in [0.4, 0.5) is 0 Å². The molecule has 1 aromatic heterocycles. The van der Waals surface area contributed by atoms with Crippen LogP contribution in [0.5, 0.6) is 11.8 Å². The Morgan fingerprint density at radius 2 is 1.75 bits per heavy atom. The van der Waals surface area contributed by atoms with Crippen LogP contribution in [0.3, 0.4) is 0 Å². The van der Waals surface area contributed by atoms with Crippen molar-refractivity contribution in [3.63, 3.8) is 0 Å². The Morgan fingerprint density at radius 1 is 1.12 bits per heavy atom. The molecule has 0 spiro atoms. The van der Waals surface area contributed by atoms with Crippen LogP contribution in [0.2, 0.25) is 0 Å². The summed E-state index contributed by atoms with van der Waals surface area (Å²) in [6.45, 7) is 0. The Bertz CT molecular complexity index is 516. The molecular weight excluding hydrogens is 270 g/mol. The molecule has 0 aliphatic rings. The molecule has 5 heteroatoms. The highest BCUT2D eigenvalue weighted by Crippen LogP contribution is 2.18. The second kappa shape index (κ2) is 4.73. The molecule has 0 N–H and O–H groups in total. The van der Waals surface area contributed by atoms with Crippen LogP contribution in [-0.2, 0) is 0 Å². The standard InChI is InChI=1S/C11H6BrN3O/c12-9-6-14-11(15-7-9)16-10-3-1-8(5-13)2-4-10/h1-4,6-7H. The van der Waals surface area contributed by atoms with E-state index in [-0.39, 0.29) is 6.01 Å². The van der Waals surface area contributed by atoms with Gasteiger partial charge in [0.25, 0.3) is 0 Å². The molecule has 0 atom stereocenters. The lowest BCUT2D eigenvalue weighted by molar-refractivity contribution is 0.441. The van der Waals surface area contributed by atoms with Crippen molar-refractivity contribution in [1.82, 2.24) is 9.97 Å². The fraction of sp³-hybridized carbons (Fsp3) is 0. The summed E-state index contributed by atoms with van der Waals surface area (Å²) in [5.74, 6) is 0.598. The summed E-state index contributed by atoms with van der Waals surface area (Å²) in [4.78, 5) is 7.94. The highest BCUT2D eigenvalue weighted by molar-refractivity contribution is 9.10. The van der Waals surface area contributed by atoms with Crippen LogP contribution < -0.4 is 4.74 Å². The highest BCUT2D eigenvalue weighted by Gasteiger charge is 1.99. The normalized spacial score (nSPS) is 9.50. The lowest BCUT2D eigenvalue weighted by atomic mass is 10.2. The summed E-state index contributed by atoms with van der Waals surface area (Å²) in [6, 6.07) is 9.05. The van der Waals surface area contributed by atoms with Crippen molar-refractivity contribution >= 4 is 15.9 Å². The molecular formula is C11H6BrN3O. The first kappa shape index (κ1) is 10.6. The van der Waals surface area contributed by atoms with E-state index in [1.165, 1.54) is 0 Å². The first-order valence-corrected chi connectivity index (χ1v) is 5.23. The van der Waals surface area contributed by atoms with Crippen molar-refractivity contribution < 1.29 is 4.74 Å². The zero-order valence-electron chi connectivity index (χ0n) is 8.09. The minimum Gasteiger partial charge on any atom is -0.424 e. The molecule has 4 nitrogen and oxygen atoms in total. The van der Waals surface area contributed by atoms with Crippen molar-refractivity contribution in [2.24, 2.45) is 0 Å². The molecule has 0 bridgehead atoms. The third-order valence-corrected chi connectivity index (χ3v) is 2.20. The Hall–Kier alpha value is -1.93. The third kappa shape index (κ3) is 2.55. The van der Waals surface area contributed by atoms with Crippen LogP contribution in [-0.4, -0.2) is 9.97 Å². The van der Waals surface area contributed by atoms with Gasteiger partial charge in [0.1, 0.15) is 5.75 Å². The van der Waals surface area contributed by atoms with Gasteiger partial charge in [-0.2, -0.15) is 5.26 Å². The summed E-state index contributed by atoms with van der Waals surface area (Å²) in [7, 11) is 0. The number of rotatable bonds is 2. The summed E-state index contributed by atoms with van der Waals surface area (Å²) >= 11 is 3.23. The molecule has 16 heavy (non-hydrogen) atoms. The lowest BCUT2D eigenvalue weighted by Gasteiger charge is -2.02. The first-order chi connectivity index (χ1) is 7.78. The van der Waals surface area contributed by atoms with E-state index in [1.807, 2.05) is 6.07 Å². The Morgan fingerprint density at radius 3 is 2.31 bits per heavy atom. The Balaban J connectivity index is 2.15. The smallest absolute Gasteiger partial charge is 0.321 e. The molecule has 1 heterocycles. The van der Waals surface area contributed by atoms with E-state index in [1.54, 1.807) is 36.7 Å². The van der Waals surface area contributed by atoms with Gasteiger partial charge in [0.15, 0.2) is 0 Å². The monoisotopic (exact) mass is 275 g/mol. The van der Waals surface area contributed by atoms with Gasteiger partial charge in [-0.25, -0.2) is 9.97 Å². The summed E-state index contributed by atoms with van der Waals surface area (Å²) in [5.41, 5.74) is 0.587. The van der Waals surface area contributed by atoms with Crippen LogP contribution in [0.15, 0.2) is 41.1 Å². The Kier molecular flexibility index (Phi) is 3.13. The molecule has 0 aliphatic heterocycles. The van der Waals surface area contributed by atoms with Crippen LogP contribution in [0.1, 0.15) is 5.56 Å². The summed E-state index contributed by atoms with van der Waals surface area (Å²) in [6.07, 6.45) is 3.21. The maximum Gasteiger partial charge on any atom is 0.321 e. The molecule has 0 saturated heterocycles. The van der Waals surface area contributed by atoms with Crippen molar-refractivity contribution in [2.75, 3.05) is 0 Å². The zero-order chi connectivity index (χ0) is 11.4. The van der Waals surface area contributed by atoms with Gasteiger partial charge >= 0.3 is 6.01 Å².